The van der Waals surface area contributed by atoms with Gasteiger partial charge in [-0.3, -0.25) is 0 Å². The van der Waals surface area contributed by atoms with Crippen LogP contribution >= 0.6 is 27.7 Å². The Morgan fingerprint density at radius 2 is 1.65 bits per heavy atom. The number of methoxy groups -OCH3 is 1. The van der Waals surface area contributed by atoms with Gasteiger partial charge in [0.05, 0.1) is 7.11 Å². The predicted octanol–water partition coefficient (Wildman–Crippen LogP) is 5.05. The highest BCUT2D eigenvalue weighted by Crippen LogP contribution is 2.22. The molecule has 4 nitrogen and oxygen atoms in total. The van der Waals surface area contributed by atoms with Gasteiger partial charge in [-0.1, -0.05) is 52.0 Å². The molecule has 1 aromatic heterocycles. The Balaban J connectivity index is 1.50. The number of thioether (sulfide) groups is 1. The van der Waals surface area contributed by atoms with Gasteiger partial charge in [0.1, 0.15) is 11.6 Å². The normalized spacial score (nSPS) is 10.9. The maximum Gasteiger partial charge on any atom is 0.191 e. The van der Waals surface area contributed by atoms with Crippen molar-refractivity contribution in [3.8, 4) is 5.75 Å². The van der Waals surface area contributed by atoms with E-state index in [1.807, 2.05) is 19.2 Å². The molecular weight excluding hydrogens is 410 g/mol. The number of aromatic nitrogens is 3. The van der Waals surface area contributed by atoms with Crippen molar-refractivity contribution in [1.82, 2.24) is 14.8 Å². The average Bonchev–Trinajstić information content (AvgIpc) is 3.02. The number of hydrogen-bond acceptors (Lipinski definition) is 4. The lowest BCUT2D eigenvalue weighted by molar-refractivity contribution is 0.414. The Bertz CT molecular complexity index is 831. The zero-order valence-corrected chi connectivity index (χ0v) is 17.4. The molecule has 136 valence electrons. The molecule has 0 saturated carbocycles. The van der Waals surface area contributed by atoms with Crippen LogP contribution in [0.1, 0.15) is 23.4 Å². The van der Waals surface area contributed by atoms with Crippen molar-refractivity contribution in [3.63, 3.8) is 0 Å². The van der Waals surface area contributed by atoms with Crippen LogP contribution in [0.15, 0.2) is 58.2 Å². The van der Waals surface area contributed by atoms with E-state index in [1.54, 1.807) is 18.9 Å². The van der Waals surface area contributed by atoms with E-state index in [1.165, 1.54) is 11.1 Å². The molecule has 0 atom stereocenters. The minimum absolute atomic E-state index is 0.894. The molecule has 0 bridgehead atoms. The highest BCUT2D eigenvalue weighted by molar-refractivity contribution is 9.10. The van der Waals surface area contributed by atoms with Gasteiger partial charge in [-0.15, -0.1) is 10.2 Å². The first kappa shape index (κ1) is 19.0. The summed E-state index contributed by atoms with van der Waals surface area (Å²) in [6.07, 6.45) is 3.00. The van der Waals surface area contributed by atoms with Crippen molar-refractivity contribution in [2.75, 3.05) is 7.11 Å². The summed E-state index contributed by atoms with van der Waals surface area (Å²) in [7, 11) is 3.74. The highest BCUT2D eigenvalue weighted by atomic mass is 79.9. The van der Waals surface area contributed by atoms with Crippen LogP contribution in [0, 0.1) is 0 Å². The zero-order valence-electron chi connectivity index (χ0n) is 15.0. The molecule has 0 N–H and O–H groups in total. The van der Waals surface area contributed by atoms with Crippen LogP contribution in [0.5, 0.6) is 5.75 Å². The number of nitrogens with zero attached hydrogens (tertiary/aromatic N) is 3. The van der Waals surface area contributed by atoms with Crippen molar-refractivity contribution in [3.05, 3.63) is 70.0 Å². The van der Waals surface area contributed by atoms with Crippen LogP contribution in [0.25, 0.3) is 0 Å². The molecule has 0 unspecified atom stereocenters. The third-order valence-corrected chi connectivity index (χ3v) is 5.85. The Labute approximate surface area is 167 Å². The standard InChI is InChI=1S/C20H22BrN3OS/c1-24-19(5-3-4-15-8-12-18(25-2)13-9-15)22-23-20(24)26-14-16-6-10-17(21)11-7-16/h6-13H,3-5,14H2,1-2H3. The first-order valence-corrected chi connectivity index (χ1v) is 10.3. The van der Waals surface area contributed by atoms with Crippen molar-refractivity contribution in [2.45, 2.75) is 30.2 Å². The third-order valence-electron chi connectivity index (χ3n) is 4.23. The first-order valence-electron chi connectivity index (χ1n) is 8.54. The number of aryl methyl sites for hydroxylation is 2. The van der Waals surface area contributed by atoms with Crippen molar-refractivity contribution in [2.24, 2.45) is 7.05 Å². The van der Waals surface area contributed by atoms with Gasteiger partial charge in [-0.2, -0.15) is 0 Å². The molecule has 0 amide bonds. The van der Waals surface area contributed by atoms with Gasteiger partial charge in [0, 0.05) is 23.7 Å². The van der Waals surface area contributed by atoms with E-state index >= 15 is 0 Å². The summed E-state index contributed by atoms with van der Waals surface area (Å²) in [5.41, 5.74) is 2.60. The fourth-order valence-corrected chi connectivity index (χ4v) is 3.81. The molecule has 3 aromatic rings. The number of rotatable bonds is 8. The summed E-state index contributed by atoms with van der Waals surface area (Å²) in [6, 6.07) is 16.6. The molecule has 0 fully saturated rings. The summed E-state index contributed by atoms with van der Waals surface area (Å²) < 4.78 is 8.41. The lowest BCUT2D eigenvalue weighted by Gasteiger charge is -2.05. The van der Waals surface area contributed by atoms with E-state index in [0.29, 0.717) is 0 Å². The van der Waals surface area contributed by atoms with Gasteiger partial charge in [0.25, 0.3) is 0 Å². The predicted molar refractivity (Wildman–Crippen MR) is 110 cm³/mol. The molecule has 0 aliphatic heterocycles. The Kier molecular flexibility index (Phi) is 6.74. The van der Waals surface area contributed by atoms with Crippen LogP contribution in [0.2, 0.25) is 0 Å². The maximum atomic E-state index is 5.20. The lowest BCUT2D eigenvalue weighted by Crippen LogP contribution is -2.00. The number of ether oxygens (including phenoxy) is 1. The van der Waals surface area contributed by atoms with Crippen LogP contribution in [-0.4, -0.2) is 21.9 Å². The minimum Gasteiger partial charge on any atom is -0.497 e. The summed E-state index contributed by atoms with van der Waals surface area (Å²) in [5.74, 6) is 2.83. The highest BCUT2D eigenvalue weighted by Gasteiger charge is 2.09. The third kappa shape index (κ3) is 5.11. The summed E-state index contributed by atoms with van der Waals surface area (Å²) in [6.45, 7) is 0. The van der Waals surface area contributed by atoms with E-state index in [4.69, 9.17) is 4.74 Å². The average molecular weight is 432 g/mol. The van der Waals surface area contributed by atoms with Crippen LogP contribution in [0.3, 0.4) is 0 Å². The monoisotopic (exact) mass is 431 g/mol. The number of hydrogen-bond donors (Lipinski definition) is 0. The molecule has 0 aliphatic rings. The lowest BCUT2D eigenvalue weighted by atomic mass is 10.1. The molecule has 0 saturated heterocycles. The van der Waals surface area contributed by atoms with Gasteiger partial charge >= 0.3 is 0 Å². The maximum absolute atomic E-state index is 5.20. The van der Waals surface area contributed by atoms with Gasteiger partial charge in [0.15, 0.2) is 5.16 Å². The summed E-state index contributed by atoms with van der Waals surface area (Å²) in [5, 5.41) is 9.68. The van der Waals surface area contributed by atoms with Gasteiger partial charge < -0.3 is 9.30 Å². The minimum atomic E-state index is 0.894. The van der Waals surface area contributed by atoms with Gasteiger partial charge in [-0.05, 0) is 48.2 Å². The van der Waals surface area contributed by atoms with E-state index in [2.05, 4.69) is 67.1 Å². The van der Waals surface area contributed by atoms with Crippen molar-refractivity contribution in [1.29, 1.82) is 0 Å². The molecule has 0 radical (unpaired) electrons. The SMILES string of the molecule is COc1ccc(CCCc2nnc(SCc3ccc(Br)cc3)n2C)cc1. The molecule has 26 heavy (non-hydrogen) atoms. The largest absolute Gasteiger partial charge is 0.497 e. The summed E-state index contributed by atoms with van der Waals surface area (Å²) >= 11 is 5.19. The van der Waals surface area contributed by atoms with Crippen LogP contribution in [0.4, 0.5) is 0 Å². The Hall–Kier alpha value is -1.79. The second kappa shape index (κ2) is 9.24. The first-order chi connectivity index (χ1) is 12.7. The van der Waals surface area contributed by atoms with E-state index in [9.17, 15) is 0 Å². The number of benzene rings is 2. The molecule has 3 rings (SSSR count). The molecule has 2 aromatic carbocycles. The number of halogens is 1. The molecule has 6 heteroatoms. The molecular formula is C20H22BrN3OS. The zero-order chi connectivity index (χ0) is 18.4. The fraction of sp³-hybridized carbons (Fsp3) is 0.300. The van der Waals surface area contributed by atoms with E-state index in [0.717, 1.165) is 46.2 Å². The van der Waals surface area contributed by atoms with E-state index in [-0.39, 0.29) is 0 Å². The van der Waals surface area contributed by atoms with Gasteiger partial charge in [0.2, 0.25) is 0 Å². The molecule has 0 aliphatic carbocycles. The molecule has 0 spiro atoms. The van der Waals surface area contributed by atoms with Crippen LogP contribution in [-0.2, 0) is 25.6 Å². The van der Waals surface area contributed by atoms with E-state index < -0.39 is 0 Å². The topological polar surface area (TPSA) is 39.9 Å². The van der Waals surface area contributed by atoms with Crippen LogP contribution < -0.4 is 4.74 Å². The van der Waals surface area contributed by atoms with Crippen molar-refractivity contribution < 1.29 is 4.74 Å². The van der Waals surface area contributed by atoms with Crippen molar-refractivity contribution >= 4 is 27.7 Å². The Morgan fingerprint density at radius 3 is 2.35 bits per heavy atom. The summed E-state index contributed by atoms with van der Waals surface area (Å²) in [4.78, 5) is 0. The second-order valence-corrected chi connectivity index (χ2v) is 7.93. The quantitative estimate of drug-likeness (QED) is 0.467. The fourth-order valence-electron chi connectivity index (χ4n) is 2.66. The Morgan fingerprint density at radius 1 is 0.962 bits per heavy atom. The molecule has 1 heterocycles. The smallest absolute Gasteiger partial charge is 0.191 e. The second-order valence-electron chi connectivity index (χ2n) is 6.07. The van der Waals surface area contributed by atoms with Gasteiger partial charge in [-0.25, -0.2) is 0 Å².